The van der Waals surface area contributed by atoms with Gasteiger partial charge >= 0.3 is 0 Å². The van der Waals surface area contributed by atoms with Crippen LogP contribution in [0.3, 0.4) is 0 Å². The summed E-state index contributed by atoms with van der Waals surface area (Å²) < 4.78 is 0.939. The third-order valence-corrected chi connectivity index (χ3v) is 6.78. The first-order valence-electron chi connectivity index (χ1n) is 9.83. The summed E-state index contributed by atoms with van der Waals surface area (Å²) in [5.41, 5.74) is 2.48. The lowest BCUT2D eigenvalue weighted by atomic mass is 10.0. The molecule has 0 saturated carbocycles. The predicted molar refractivity (Wildman–Crippen MR) is 140 cm³/mol. The molecule has 0 aliphatic heterocycles. The average Bonchev–Trinajstić information content (AvgIpc) is 3.26. The van der Waals surface area contributed by atoms with E-state index in [2.05, 4.69) is 55.8 Å². The van der Waals surface area contributed by atoms with Crippen molar-refractivity contribution in [3.63, 3.8) is 0 Å². The second-order valence-electron chi connectivity index (χ2n) is 7.11. The van der Waals surface area contributed by atoms with Crippen LogP contribution in [0.5, 0.6) is 0 Å². The minimum atomic E-state index is -0.267. The summed E-state index contributed by atoms with van der Waals surface area (Å²) in [4.78, 5) is 17.5. The van der Waals surface area contributed by atoms with Crippen LogP contribution in [0, 0.1) is 0 Å². The third-order valence-electron chi connectivity index (χ3n) is 5.13. The number of rotatable bonds is 3. The van der Waals surface area contributed by atoms with Crippen molar-refractivity contribution in [2.24, 2.45) is 0 Å². The molecule has 0 aliphatic rings. The highest BCUT2D eigenvalue weighted by Gasteiger charge is 2.14. The molecule has 0 aliphatic carbocycles. The molecule has 32 heavy (non-hydrogen) atoms. The lowest BCUT2D eigenvalue weighted by molar-refractivity contribution is 0.0979. The van der Waals surface area contributed by atoms with E-state index >= 15 is 0 Å². The molecular weight excluding hydrogens is 502 g/mol. The van der Waals surface area contributed by atoms with Crippen molar-refractivity contribution >= 4 is 77.2 Å². The summed E-state index contributed by atoms with van der Waals surface area (Å²) in [6.07, 6.45) is 0. The second kappa shape index (κ2) is 8.78. The van der Waals surface area contributed by atoms with Gasteiger partial charge in [-0.2, -0.15) is 0 Å². The molecule has 1 amide bonds. The fraction of sp³-hybridized carbons (Fsp3) is 0. The molecule has 1 heterocycles. The van der Waals surface area contributed by atoms with Gasteiger partial charge in [0.15, 0.2) is 10.2 Å². The maximum atomic E-state index is 12.9. The van der Waals surface area contributed by atoms with Crippen LogP contribution in [0.4, 0.5) is 5.13 Å². The fourth-order valence-electron chi connectivity index (χ4n) is 3.67. The molecule has 0 saturated heterocycles. The van der Waals surface area contributed by atoms with E-state index in [1.165, 1.54) is 11.3 Å². The van der Waals surface area contributed by atoms with Crippen LogP contribution < -0.4 is 10.6 Å². The molecule has 0 bridgehead atoms. The first kappa shape index (κ1) is 20.8. The molecule has 1 aromatic heterocycles. The lowest BCUT2D eigenvalue weighted by Gasteiger charge is -2.10. The van der Waals surface area contributed by atoms with E-state index in [0.717, 1.165) is 37.3 Å². The first-order valence-corrected chi connectivity index (χ1v) is 11.9. The second-order valence-corrected chi connectivity index (χ2v) is 9.23. The number of carbonyl (C=O) groups excluding carboxylic acids is 1. The summed E-state index contributed by atoms with van der Waals surface area (Å²) in [5.74, 6) is -0.267. The number of fused-ring (bicyclic) bond motifs is 2. The van der Waals surface area contributed by atoms with Crippen molar-refractivity contribution in [3.8, 4) is 11.3 Å². The Balaban J connectivity index is 1.34. The number of halogens is 1. The Morgan fingerprint density at radius 1 is 0.875 bits per heavy atom. The topological polar surface area (TPSA) is 54.0 Å². The van der Waals surface area contributed by atoms with Crippen molar-refractivity contribution < 1.29 is 4.79 Å². The zero-order chi connectivity index (χ0) is 22.1. The number of amides is 1. The quantitative estimate of drug-likeness (QED) is 0.253. The summed E-state index contributed by atoms with van der Waals surface area (Å²) in [6.45, 7) is 0. The highest BCUT2D eigenvalue weighted by molar-refractivity contribution is 9.10. The number of anilines is 1. The van der Waals surface area contributed by atoms with Crippen molar-refractivity contribution in [2.75, 3.05) is 5.32 Å². The van der Waals surface area contributed by atoms with Gasteiger partial charge < -0.3 is 5.32 Å². The largest absolute Gasteiger partial charge is 0.308 e. The first-order chi connectivity index (χ1) is 15.6. The maximum absolute atomic E-state index is 12.9. The molecule has 4 nitrogen and oxygen atoms in total. The Morgan fingerprint density at radius 3 is 2.50 bits per heavy atom. The molecule has 2 N–H and O–H groups in total. The number of thiocarbonyl (C=S) groups is 1. The van der Waals surface area contributed by atoms with Gasteiger partial charge in [0.1, 0.15) is 0 Å². The molecule has 0 fully saturated rings. The van der Waals surface area contributed by atoms with E-state index < -0.39 is 0 Å². The van der Waals surface area contributed by atoms with Gasteiger partial charge in [0.05, 0.1) is 5.69 Å². The SMILES string of the molecule is O=C(NC(=S)Nc1nc(-c2cccc3ccccc23)cs1)c1cccc2c(Br)cccc12. The minimum Gasteiger partial charge on any atom is -0.308 e. The van der Waals surface area contributed by atoms with Gasteiger partial charge in [0.25, 0.3) is 5.91 Å². The third kappa shape index (κ3) is 4.02. The van der Waals surface area contributed by atoms with E-state index in [4.69, 9.17) is 12.2 Å². The molecule has 0 unspecified atom stereocenters. The molecular formula is C25H16BrN3OS2. The van der Waals surface area contributed by atoms with Crippen molar-refractivity contribution in [2.45, 2.75) is 0 Å². The number of benzene rings is 4. The summed E-state index contributed by atoms with van der Waals surface area (Å²) in [7, 11) is 0. The number of thiazole rings is 1. The minimum absolute atomic E-state index is 0.209. The van der Waals surface area contributed by atoms with Crippen molar-refractivity contribution in [1.82, 2.24) is 10.3 Å². The summed E-state index contributed by atoms with van der Waals surface area (Å²) in [6, 6.07) is 25.8. The zero-order valence-electron chi connectivity index (χ0n) is 16.6. The lowest BCUT2D eigenvalue weighted by Crippen LogP contribution is -2.34. The van der Waals surface area contributed by atoms with Gasteiger partial charge in [-0.15, -0.1) is 11.3 Å². The highest BCUT2D eigenvalue weighted by atomic mass is 79.9. The monoisotopic (exact) mass is 517 g/mol. The van der Waals surface area contributed by atoms with Gasteiger partial charge in [0, 0.05) is 21.0 Å². The Labute approximate surface area is 202 Å². The van der Waals surface area contributed by atoms with Crippen LogP contribution >= 0.6 is 39.5 Å². The molecule has 0 atom stereocenters. The van der Waals surface area contributed by atoms with E-state index in [1.807, 2.05) is 53.9 Å². The number of hydrogen-bond acceptors (Lipinski definition) is 4. The normalized spacial score (nSPS) is 10.9. The van der Waals surface area contributed by atoms with Crippen LogP contribution in [0.15, 0.2) is 88.7 Å². The number of carbonyl (C=O) groups is 1. The van der Waals surface area contributed by atoms with Gasteiger partial charge in [-0.25, -0.2) is 4.98 Å². The number of hydrogen-bond donors (Lipinski definition) is 2. The van der Waals surface area contributed by atoms with Crippen LogP contribution in [0.25, 0.3) is 32.8 Å². The number of aromatic nitrogens is 1. The Kier molecular flexibility index (Phi) is 5.70. The van der Waals surface area contributed by atoms with Crippen molar-refractivity contribution in [1.29, 1.82) is 0 Å². The number of nitrogens with one attached hydrogen (secondary N) is 2. The standard InChI is InChI=1S/C25H16BrN3OS2/c26-21-13-5-9-17-18(21)10-4-12-20(17)23(30)28-24(31)29-25-27-22(14-32-25)19-11-3-7-15-6-1-2-8-16(15)19/h1-14H,(H2,27,28,29,30,31). The van der Waals surface area contributed by atoms with Crippen LogP contribution in [0.2, 0.25) is 0 Å². The van der Waals surface area contributed by atoms with Gasteiger partial charge in [-0.3, -0.25) is 10.1 Å². The smallest absolute Gasteiger partial charge is 0.258 e. The molecule has 156 valence electrons. The van der Waals surface area contributed by atoms with Gasteiger partial charge in [0.2, 0.25) is 0 Å². The fourth-order valence-corrected chi connectivity index (χ4v) is 5.14. The Bertz CT molecular complexity index is 1490. The van der Waals surface area contributed by atoms with E-state index in [0.29, 0.717) is 10.7 Å². The highest BCUT2D eigenvalue weighted by Crippen LogP contribution is 2.31. The molecule has 5 aromatic rings. The molecule has 4 aromatic carbocycles. The van der Waals surface area contributed by atoms with E-state index in [1.54, 1.807) is 6.07 Å². The van der Waals surface area contributed by atoms with E-state index in [-0.39, 0.29) is 11.0 Å². The molecule has 0 spiro atoms. The maximum Gasteiger partial charge on any atom is 0.258 e. The summed E-state index contributed by atoms with van der Waals surface area (Å²) >= 11 is 10.4. The van der Waals surface area contributed by atoms with Gasteiger partial charge in [-0.1, -0.05) is 82.7 Å². The Morgan fingerprint density at radius 2 is 1.59 bits per heavy atom. The number of nitrogens with zero attached hydrogens (tertiary/aromatic N) is 1. The Hall–Kier alpha value is -3.13. The van der Waals surface area contributed by atoms with Gasteiger partial charge in [-0.05, 0) is 45.9 Å². The zero-order valence-corrected chi connectivity index (χ0v) is 19.9. The summed E-state index contributed by atoms with van der Waals surface area (Å²) in [5, 5.41) is 12.8. The van der Waals surface area contributed by atoms with Crippen LogP contribution in [0.1, 0.15) is 10.4 Å². The van der Waals surface area contributed by atoms with Crippen LogP contribution in [-0.2, 0) is 0 Å². The van der Waals surface area contributed by atoms with Crippen LogP contribution in [-0.4, -0.2) is 16.0 Å². The molecule has 7 heteroatoms. The molecule has 5 rings (SSSR count). The van der Waals surface area contributed by atoms with Crippen molar-refractivity contribution in [3.05, 3.63) is 94.3 Å². The van der Waals surface area contributed by atoms with E-state index in [9.17, 15) is 4.79 Å². The average molecular weight is 518 g/mol. The molecule has 0 radical (unpaired) electrons. The predicted octanol–water partition coefficient (Wildman–Crippen LogP) is 7.01.